The minimum absolute atomic E-state index is 0.0140. The third-order valence-corrected chi connectivity index (χ3v) is 8.42. The van der Waals surface area contributed by atoms with Crippen LogP contribution in [0.4, 0.5) is 8.78 Å². The van der Waals surface area contributed by atoms with Gasteiger partial charge in [0.1, 0.15) is 11.6 Å². The molecule has 3 heterocycles. The van der Waals surface area contributed by atoms with E-state index in [0.717, 1.165) is 30.2 Å². The lowest BCUT2D eigenvalue weighted by molar-refractivity contribution is -0.131. The van der Waals surface area contributed by atoms with E-state index >= 15 is 8.78 Å². The summed E-state index contributed by atoms with van der Waals surface area (Å²) in [4.78, 5) is 18.2. The number of halogens is 2. The van der Waals surface area contributed by atoms with Crippen molar-refractivity contribution in [2.75, 3.05) is 13.6 Å². The first-order valence-corrected chi connectivity index (χ1v) is 14.8. The normalized spacial score (nSPS) is 17.9. The maximum absolute atomic E-state index is 15.5. The van der Waals surface area contributed by atoms with Crippen molar-refractivity contribution in [2.24, 2.45) is 5.41 Å². The largest absolute Gasteiger partial charge is 0.454 e. The van der Waals surface area contributed by atoms with E-state index in [1.807, 2.05) is 42.2 Å². The van der Waals surface area contributed by atoms with Crippen LogP contribution in [0.15, 0.2) is 79.1 Å². The monoisotopic (exact) mass is 582 g/mol. The zero-order valence-electron chi connectivity index (χ0n) is 24.7. The summed E-state index contributed by atoms with van der Waals surface area (Å²) in [7, 11) is 1.83. The molecule has 1 atom stereocenters. The van der Waals surface area contributed by atoms with Crippen LogP contribution in [-0.4, -0.2) is 39.2 Å². The standard InChI is InChI=1S/C35H36F2N4O2/c1-35(2)17-7-10-32(23-8-5-4-6-9-23)41-19-16-30(39-41)27-20-24(11-13-28(27)36)43-34-26(12-14-33(42)40(3)22-35)25-15-18-38-31(25)21-29(34)37/h4-6,8-9,11,13,15-16,18-21,32,38H,7,10,12,14,17,22H2,1-3H3. The number of fused-ring (bicyclic) bond motifs is 8. The van der Waals surface area contributed by atoms with Crippen molar-refractivity contribution in [3.63, 3.8) is 0 Å². The summed E-state index contributed by atoms with van der Waals surface area (Å²) in [6.07, 6.45) is 6.78. The molecule has 222 valence electrons. The summed E-state index contributed by atoms with van der Waals surface area (Å²) in [5.41, 5.74) is 2.95. The summed E-state index contributed by atoms with van der Waals surface area (Å²) < 4.78 is 38.8. The predicted molar refractivity (Wildman–Crippen MR) is 164 cm³/mol. The quantitative estimate of drug-likeness (QED) is 0.216. The molecule has 1 amide bonds. The van der Waals surface area contributed by atoms with Crippen molar-refractivity contribution < 1.29 is 18.3 Å². The molecule has 0 radical (unpaired) electrons. The minimum Gasteiger partial charge on any atom is -0.454 e. The zero-order chi connectivity index (χ0) is 30.1. The van der Waals surface area contributed by atoms with Gasteiger partial charge in [-0.3, -0.25) is 9.48 Å². The number of carbonyl (C=O) groups excluding carboxylic acids is 1. The number of carbonyl (C=O) groups is 1. The molecule has 0 saturated heterocycles. The van der Waals surface area contributed by atoms with E-state index in [1.165, 1.54) is 18.2 Å². The second-order valence-corrected chi connectivity index (χ2v) is 12.3. The van der Waals surface area contributed by atoms with Crippen LogP contribution in [0, 0.1) is 17.0 Å². The van der Waals surface area contributed by atoms with Crippen LogP contribution in [0.2, 0.25) is 0 Å². The molecule has 1 N–H and O–H groups in total. The number of aromatic amines is 1. The Morgan fingerprint density at radius 1 is 1.00 bits per heavy atom. The number of aryl methyl sites for hydroxylation is 1. The van der Waals surface area contributed by atoms with Gasteiger partial charge in [-0.2, -0.15) is 5.10 Å². The fourth-order valence-electron chi connectivity index (χ4n) is 6.25. The first kappa shape index (κ1) is 28.6. The van der Waals surface area contributed by atoms with E-state index in [-0.39, 0.29) is 40.8 Å². The molecular formula is C35H36F2N4O2. The van der Waals surface area contributed by atoms with Gasteiger partial charge in [0.15, 0.2) is 11.6 Å². The van der Waals surface area contributed by atoms with Gasteiger partial charge in [0.2, 0.25) is 5.91 Å². The topological polar surface area (TPSA) is 63.1 Å². The highest BCUT2D eigenvalue weighted by atomic mass is 19.1. The average molecular weight is 583 g/mol. The maximum atomic E-state index is 15.5. The van der Waals surface area contributed by atoms with E-state index in [0.29, 0.717) is 29.7 Å². The van der Waals surface area contributed by atoms with Crippen molar-refractivity contribution in [3.05, 3.63) is 102 Å². The number of H-pyrrole nitrogens is 1. The highest BCUT2D eigenvalue weighted by molar-refractivity contribution is 5.86. The first-order chi connectivity index (χ1) is 20.7. The van der Waals surface area contributed by atoms with Gasteiger partial charge in [-0.15, -0.1) is 0 Å². The lowest BCUT2D eigenvalue weighted by Crippen LogP contribution is -2.36. The Labute approximate surface area is 250 Å². The second-order valence-electron chi connectivity index (χ2n) is 12.3. The summed E-state index contributed by atoms with van der Waals surface area (Å²) in [6.45, 7) is 4.96. The van der Waals surface area contributed by atoms with Crippen LogP contribution in [-0.2, 0) is 11.2 Å². The fraction of sp³-hybridized carbons (Fsp3) is 0.314. The van der Waals surface area contributed by atoms with Crippen LogP contribution in [0.3, 0.4) is 0 Å². The molecule has 1 unspecified atom stereocenters. The van der Waals surface area contributed by atoms with Crippen LogP contribution in [0.5, 0.6) is 11.5 Å². The minimum atomic E-state index is -0.557. The third-order valence-electron chi connectivity index (χ3n) is 8.42. The van der Waals surface area contributed by atoms with Gasteiger partial charge in [-0.25, -0.2) is 8.78 Å². The highest BCUT2D eigenvalue weighted by Crippen LogP contribution is 2.38. The smallest absolute Gasteiger partial charge is 0.222 e. The van der Waals surface area contributed by atoms with E-state index in [2.05, 4.69) is 31.0 Å². The van der Waals surface area contributed by atoms with Crippen molar-refractivity contribution in [1.82, 2.24) is 19.7 Å². The predicted octanol–water partition coefficient (Wildman–Crippen LogP) is 8.29. The maximum Gasteiger partial charge on any atom is 0.222 e. The molecule has 1 aliphatic rings. The summed E-state index contributed by atoms with van der Waals surface area (Å²) >= 11 is 0. The molecule has 6 rings (SSSR count). The van der Waals surface area contributed by atoms with E-state index in [1.54, 1.807) is 23.2 Å². The Balaban J connectivity index is 1.44. The average Bonchev–Trinajstić information content (AvgIpc) is 3.66. The lowest BCUT2D eigenvalue weighted by Gasteiger charge is -2.31. The number of benzene rings is 3. The summed E-state index contributed by atoms with van der Waals surface area (Å²) in [6, 6.07) is 19.5. The Kier molecular flexibility index (Phi) is 7.77. The Morgan fingerprint density at radius 3 is 2.63 bits per heavy atom. The van der Waals surface area contributed by atoms with Crippen molar-refractivity contribution in [2.45, 2.75) is 52.0 Å². The second kappa shape index (κ2) is 11.7. The molecule has 8 heteroatoms. The van der Waals surface area contributed by atoms with Gasteiger partial charge >= 0.3 is 0 Å². The molecule has 0 spiro atoms. The van der Waals surface area contributed by atoms with Crippen molar-refractivity contribution in [3.8, 4) is 22.8 Å². The summed E-state index contributed by atoms with van der Waals surface area (Å²) in [5.74, 6) is -0.702. The van der Waals surface area contributed by atoms with Gasteiger partial charge in [0, 0.05) is 60.5 Å². The number of nitrogens with zero attached hydrogens (tertiary/aromatic N) is 3. The Hall–Kier alpha value is -4.46. The molecule has 43 heavy (non-hydrogen) atoms. The molecule has 3 aromatic carbocycles. The molecule has 0 saturated carbocycles. The van der Waals surface area contributed by atoms with Crippen LogP contribution < -0.4 is 4.74 Å². The number of aromatic nitrogens is 3. The van der Waals surface area contributed by atoms with Gasteiger partial charge in [0.25, 0.3) is 0 Å². The third kappa shape index (κ3) is 6.05. The first-order valence-electron chi connectivity index (χ1n) is 14.8. The number of amides is 1. The van der Waals surface area contributed by atoms with Crippen molar-refractivity contribution in [1.29, 1.82) is 0 Å². The van der Waals surface area contributed by atoms with Gasteiger partial charge in [-0.05, 0) is 60.6 Å². The molecule has 0 fully saturated rings. The fourth-order valence-corrected chi connectivity index (χ4v) is 6.25. The highest BCUT2D eigenvalue weighted by Gasteiger charge is 2.26. The van der Waals surface area contributed by atoms with E-state index in [4.69, 9.17) is 9.84 Å². The number of nitrogens with one attached hydrogen (secondary N) is 1. The molecule has 0 aliphatic carbocycles. The number of rotatable bonds is 1. The number of ether oxygens (including phenoxy) is 1. The molecular weight excluding hydrogens is 546 g/mol. The number of hydrogen-bond donors (Lipinski definition) is 1. The number of hydrogen-bond acceptors (Lipinski definition) is 3. The van der Waals surface area contributed by atoms with Crippen LogP contribution >= 0.6 is 0 Å². The van der Waals surface area contributed by atoms with E-state index < -0.39 is 11.6 Å². The SMILES string of the molecule is CN1CC(C)(C)CCCC(c2ccccc2)n2ccc(n2)-c2cc(ccc2F)Oc2c(F)cc3[nH]ccc3c2CCC1=O. The molecule has 2 aromatic heterocycles. The Morgan fingerprint density at radius 2 is 1.81 bits per heavy atom. The van der Waals surface area contributed by atoms with Crippen molar-refractivity contribution >= 4 is 16.8 Å². The zero-order valence-corrected chi connectivity index (χ0v) is 24.7. The van der Waals surface area contributed by atoms with Gasteiger partial charge in [-0.1, -0.05) is 50.6 Å². The Bertz CT molecular complexity index is 1760. The summed E-state index contributed by atoms with van der Waals surface area (Å²) in [5, 5.41) is 5.61. The molecule has 5 aromatic rings. The van der Waals surface area contributed by atoms with E-state index in [9.17, 15) is 4.79 Å². The van der Waals surface area contributed by atoms with Crippen LogP contribution in [0.1, 0.15) is 56.7 Å². The van der Waals surface area contributed by atoms with Gasteiger partial charge in [0.05, 0.1) is 11.7 Å². The molecule has 6 nitrogen and oxygen atoms in total. The van der Waals surface area contributed by atoms with Gasteiger partial charge < -0.3 is 14.6 Å². The molecule has 1 aliphatic heterocycles. The van der Waals surface area contributed by atoms with Crippen LogP contribution in [0.25, 0.3) is 22.2 Å². The molecule has 4 bridgehead atoms. The lowest BCUT2D eigenvalue weighted by atomic mass is 9.85.